The van der Waals surface area contributed by atoms with Crippen LogP contribution in [0.5, 0.6) is 5.75 Å². The van der Waals surface area contributed by atoms with E-state index in [9.17, 15) is 10.1 Å². The lowest BCUT2D eigenvalue weighted by Gasteiger charge is -2.29. The molecule has 0 saturated carbocycles. The summed E-state index contributed by atoms with van der Waals surface area (Å²) in [4.78, 5) is 11.6. The highest BCUT2D eigenvalue weighted by Gasteiger charge is 2.33. The van der Waals surface area contributed by atoms with Crippen molar-refractivity contribution in [3.63, 3.8) is 0 Å². The molecule has 0 fully saturated rings. The molecule has 3 aromatic rings. The van der Waals surface area contributed by atoms with Crippen molar-refractivity contribution >= 4 is 32.6 Å². The van der Waals surface area contributed by atoms with E-state index in [1.165, 1.54) is 6.92 Å². The number of benzene rings is 3. The van der Waals surface area contributed by atoms with Crippen LogP contribution in [-0.4, -0.2) is 5.91 Å². The molecule has 1 heterocycles. The summed E-state index contributed by atoms with van der Waals surface area (Å²) >= 11 is 3.46. The number of halogens is 1. The fourth-order valence-electron chi connectivity index (χ4n) is 3.46. The van der Waals surface area contributed by atoms with Gasteiger partial charge >= 0.3 is 0 Å². The molecule has 27 heavy (non-hydrogen) atoms. The minimum atomic E-state index is -0.334. The van der Waals surface area contributed by atoms with Crippen LogP contribution < -0.4 is 10.1 Å². The molecule has 0 aliphatic carbocycles. The maximum absolute atomic E-state index is 11.6. The van der Waals surface area contributed by atoms with Gasteiger partial charge in [-0.05, 0) is 34.5 Å². The summed E-state index contributed by atoms with van der Waals surface area (Å²) in [7, 11) is 0. The Bertz CT molecular complexity index is 1130. The molecule has 5 heteroatoms. The Morgan fingerprint density at radius 1 is 1.11 bits per heavy atom. The Balaban J connectivity index is 2.02. The van der Waals surface area contributed by atoms with Gasteiger partial charge in [-0.25, -0.2) is 0 Å². The van der Waals surface area contributed by atoms with Gasteiger partial charge in [0.15, 0.2) is 0 Å². The number of carbonyl (C=O) groups is 1. The highest BCUT2D eigenvalue weighted by atomic mass is 79.9. The van der Waals surface area contributed by atoms with Crippen LogP contribution in [0.2, 0.25) is 0 Å². The van der Waals surface area contributed by atoms with Crippen LogP contribution in [0.15, 0.2) is 76.6 Å². The average molecular weight is 419 g/mol. The van der Waals surface area contributed by atoms with Crippen LogP contribution in [0.3, 0.4) is 0 Å². The maximum atomic E-state index is 11.6. The van der Waals surface area contributed by atoms with Gasteiger partial charge in [0.1, 0.15) is 17.4 Å². The Hall–Kier alpha value is -3.10. The van der Waals surface area contributed by atoms with Crippen LogP contribution >= 0.6 is 15.9 Å². The molecule has 0 aromatic heterocycles. The lowest BCUT2D eigenvalue weighted by atomic mass is 9.81. The summed E-state index contributed by atoms with van der Waals surface area (Å²) in [5.74, 6) is 0.224. The quantitative estimate of drug-likeness (QED) is 0.636. The molecule has 4 nitrogen and oxygen atoms in total. The molecule has 3 aromatic carbocycles. The first kappa shape index (κ1) is 17.3. The number of amides is 1. The summed E-state index contributed by atoms with van der Waals surface area (Å²) in [5, 5.41) is 14.7. The number of rotatable bonds is 2. The molecule has 1 amide bonds. The minimum Gasteiger partial charge on any atom is -0.440 e. The SMILES string of the molecule is CC(=O)NC1=C(C#N)C(c2ccc(Br)cc2)c2c(ccc3ccccc23)O1. The normalized spacial score (nSPS) is 15.7. The number of hydrogen-bond donors (Lipinski definition) is 1. The largest absolute Gasteiger partial charge is 0.440 e. The zero-order valence-corrected chi connectivity index (χ0v) is 16.1. The van der Waals surface area contributed by atoms with Crippen molar-refractivity contribution in [2.75, 3.05) is 0 Å². The number of allylic oxidation sites excluding steroid dienone is 1. The molecule has 1 unspecified atom stereocenters. The Kier molecular flexibility index (Phi) is 4.43. The van der Waals surface area contributed by atoms with E-state index in [1.807, 2.05) is 60.7 Å². The topological polar surface area (TPSA) is 62.1 Å². The zero-order chi connectivity index (χ0) is 19.0. The van der Waals surface area contributed by atoms with E-state index in [-0.39, 0.29) is 17.7 Å². The van der Waals surface area contributed by atoms with Crippen LogP contribution in [0.4, 0.5) is 0 Å². The van der Waals surface area contributed by atoms with Crippen LogP contribution in [0.1, 0.15) is 24.0 Å². The second-order valence-corrected chi connectivity index (χ2v) is 7.24. The summed E-state index contributed by atoms with van der Waals surface area (Å²) in [6, 6.07) is 22.0. The van der Waals surface area contributed by atoms with Gasteiger partial charge in [-0.2, -0.15) is 5.26 Å². The van der Waals surface area contributed by atoms with Gasteiger partial charge in [0, 0.05) is 17.0 Å². The Morgan fingerprint density at radius 2 is 1.85 bits per heavy atom. The molecular weight excluding hydrogens is 404 g/mol. The summed E-state index contributed by atoms with van der Waals surface area (Å²) in [6.07, 6.45) is 0. The monoisotopic (exact) mass is 418 g/mol. The third-order valence-corrected chi connectivity index (χ3v) is 5.11. The number of fused-ring (bicyclic) bond motifs is 3. The second-order valence-electron chi connectivity index (χ2n) is 6.32. The summed E-state index contributed by atoms with van der Waals surface area (Å²) in [5.41, 5.74) is 2.27. The lowest BCUT2D eigenvalue weighted by molar-refractivity contribution is -0.118. The van der Waals surface area contributed by atoms with Gasteiger partial charge in [0.25, 0.3) is 0 Å². The molecule has 0 radical (unpaired) electrons. The maximum Gasteiger partial charge on any atom is 0.223 e. The van der Waals surface area contributed by atoms with Crippen molar-refractivity contribution in [1.29, 1.82) is 5.26 Å². The lowest BCUT2D eigenvalue weighted by Crippen LogP contribution is -2.29. The fourth-order valence-corrected chi connectivity index (χ4v) is 3.72. The molecular formula is C22H15BrN2O2. The van der Waals surface area contributed by atoms with Crippen molar-refractivity contribution in [3.8, 4) is 11.8 Å². The minimum absolute atomic E-state index is 0.195. The van der Waals surface area contributed by atoms with Crippen molar-refractivity contribution in [3.05, 3.63) is 87.7 Å². The average Bonchev–Trinajstić information content (AvgIpc) is 2.67. The fraction of sp³-hybridized carbons (Fsp3) is 0.0909. The van der Waals surface area contributed by atoms with Gasteiger partial charge < -0.3 is 4.74 Å². The van der Waals surface area contributed by atoms with Gasteiger partial charge in [0.2, 0.25) is 11.8 Å². The molecule has 0 spiro atoms. The van der Waals surface area contributed by atoms with Crippen LogP contribution in [0, 0.1) is 11.3 Å². The molecule has 1 aliphatic rings. The van der Waals surface area contributed by atoms with Crippen molar-refractivity contribution in [2.24, 2.45) is 0 Å². The van der Waals surface area contributed by atoms with E-state index in [0.717, 1.165) is 26.4 Å². The van der Waals surface area contributed by atoms with Crippen molar-refractivity contribution < 1.29 is 9.53 Å². The number of nitrogens with one attached hydrogen (secondary N) is 1. The number of hydrogen-bond acceptors (Lipinski definition) is 3. The molecule has 132 valence electrons. The third kappa shape index (κ3) is 3.09. The Morgan fingerprint density at radius 3 is 2.56 bits per heavy atom. The predicted octanol–water partition coefficient (Wildman–Crippen LogP) is 5.00. The van der Waals surface area contributed by atoms with Gasteiger partial charge in [-0.15, -0.1) is 0 Å². The van der Waals surface area contributed by atoms with Gasteiger partial charge in [-0.3, -0.25) is 10.1 Å². The second kappa shape index (κ2) is 6.90. The molecule has 1 aliphatic heterocycles. The first-order valence-corrected chi connectivity index (χ1v) is 9.24. The van der Waals surface area contributed by atoms with Gasteiger partial charge in [0.05, 0.1) is 5.92 Å². The molecule has 4 rings (SSSR count). The number of nitrogens with zero attached hydrogens (tertiary/aromatic N) is 1. The Labute approximate surface area is 165 Å². The standard InChI is InChI=1S/C22H15BrN2O2/c1-13(26)25-22-18(12-24)20(15-6-9-16(23)10-7-15)21-17-5-3-2-4-14(17)8-11-19(21)27-22/h2-11,20H,1H3,(H,25,26). The molecule has 0 saturated heterocycles. The summed E-state index contributed by atoms with van der Waals surface area (Å²) in [6.45, 7) is 1.40. The number of ether oxygens (including phenoxy) is 1. The predicted molar refractivity (Wildman–Crippen MR) is 107 cm³/mol. The summed E-state index contributed by atoms with van der Waals surface area (Å²) < 4.78 is 6.91. The van der Waals surface area contributed by atoms with E-state index in [4.69, 9.17) is 4.74 Å². The van der Waals surface area contributed by atoms with Crippen molar-refractivity contribution in [1.82, 2.24) is 5.32 Å². The molecule has 1 N–H and O–H groups in total. The van der Waals surface area contributed by atoms with Crippen LogP contribution in [-0.2, 0) is 4.79 Å². The van der Waals surface area contributed by atoms with E-state index in [1.54, 1.807) is 0 Å². The number of nitriles is 1. The van der Waals surface area contributed by atoms with Crippen molar-refractivity contribution in [2.45, 2.75) is 12.8 Å². The van der Waals surface area contributed by atoms with E-state index in [2.05, 4.69) is 27.3 Å². The van der Waals surface area contributed by atoms with E-state index < -0.39 is 0 Å². The zero-order valence-electron chi connectivity index (χ0n) is 14.5. The van der Waals surface area contributed by atoms with Gasteiger partial charge in [-0.1, -0.05) is 58.4 Å². The van der Waals surface area contributed by atoms with E-state index >= 15 is 0 Å². The first-order chi connectivity index (χ1) is 13.1. The third-order valence-electron chi connectivity index (χ3n) is 4.58. The highest BCUT2D eigenvalue weighted by molar-refractivity contribution is 9.10. The van der Waals surface area contributed by atoms with Crippen LogP contribution in [0.25, 0.3) is 10.8 Å². The van der Waals surface area contributed by atoms with E-state index in [0.29, 0.717) is 11.3 Å². The smallest absolute Gasteiger partial charge is 0.223 e. The molecule has 0 bridgehead atoms. The highest BCUT2D eigenvalue weighted by Crippen LogP contribution is 2.46. The first-order valence-electron chi connectivity index (χ1n) is 8.45. The number of carbonyl (C=O) groups excluding carboxylic acids is 1. The molecule has 1 atom stereocenters.